The minimum Gasteiger partial charge on any atom is -0.454 e. The molecule has 0 spiro atoms. The number of piperazine rings is 1. The van der Waals surface area contributed by atoms with E-state index < -0.39 is 5.91 Å². The van der Waals surface area contributed by atoms with Gasteiger partial charge in [0.1, 0.15) is 12.3 Å². The van der Waals surface area contributed by atoms with Crippen molar-refractivity contribution in [3.63, 3.8) is 0 Å². The molecule has 2 aromatic rings. The molecule has 146 valence electrons. The van der Waals surface area contributed by atoms with Gasteiger partial charge < -0.3 is 25.3 Å². The second kappa shape index (κ2) is 10.1. The van der Waals surface area contributed by atoms with E-state index in [9.17, 15) is 4.79 Å². The number of hydrogen-bond acceptors (Lipinski definition) is 6. The number of rotatable bonds is 5. The molecule has 1 aliphatic heterocycles. The largest absolute Gasteiger partial charge is 0.454 e. The Morgan fingerprint density at radius 1 is 1.26 bits per heavy atom. The Morgan fingerprint density at radius 2 is 1.96 bits per heavy atom. The summed E-state index contributed by atoms with van der Waals surface area (Å²) in [5.74, 6) is 1.75. The third-order valence-corrected chi connectivity index (χ3v) is 4.04. The third-order valence-electron chi connectivity index (χ3n) is 4.04. The topological polar surface area (TPSA) is 113 Å². The molecule has 3 rings (SSSR count). The number of halogens is 1. The van der Waals surface area contributed by atoms with Crippen LogP contribution in [0.3, 0.4) is 0 Å². The van der Waals surface area contributed by atoms with Gasteiger partial charge in [-0.05, 0) is 25.1 Å². The molecule has 27 heavy (non-hydrogen) atoms. The molecule has 9 nitrogen and oxygen atoms in total. The molecule has 0 aliphatic carbocycles. The first-order valence-corrected chi connectivity index (χ1v) is 8.61. The molecule has 0 unspecified atom stereocenters. The molecule has 3 heterocycles. The molecule has 1 fully saturated rings. The van der Waals surface area contributed by atoms with Crippen LogP contribution in [0.5, 0.6) is 0 Å². The van der Waals surface area contributed by atoms with Crippen LogP contribution in [0.2, 0.25) is 0 Å². The van der Waals surface area contributed by atoms with Crippen LogP contribution in [-0.2, 0) is 6.54 Å². The van der Waals surface area contributed by atoms with Gasteiger partial charge >= 0.3 is 0 Å². The van der Waals surface area contributed by atoms with Crippen LogP contribution < -0.4 is 16.0 Å². The number of aliphatic imine (C=N–C) groups is 1. The van der Waals surface area contributed by atoms with Crippen molar-refractivity contribution in [2.75, 3.05) is 37.6 Å². The van der Waals surface area contributed by atoms with Gasteiger partial charge in [0.05, 0.1) is 0 Å². The molecule has 3 N–H and O–H groups in total. The van der Waals surface area contributed by atoms with Crippen molar-refractivity contribution in [2.45, 2.75) is 13.5 Å². The van der Waals surface area contributed by atoms with Gasteiger partial charge in [-0.2, -0.15) is 0 Å². The van der Waals surface area contributed by atoms with Gasteiger partial charge in [0.15, 0.2) is 11.7 Å². The van der Waals surface area contributed by atoms with Crippen LogP contribution in [0.25, 0.3) is 0 Å². The second-order valence-corrected chi connectivity index (χ2v) is 5.82. The quantitative estimate of drug-likeness (QED) is 0.370. The predicted molar refractivity (Wildman–Crippen MR) is 113 cm³/mol. The Labute approximate surface area is 175 Å². The zero-order valence-electron chi connectivity index (χ0n) is 15.2. The van der Waals surface area contributed by atoms with E-state index in [1.165, 1.54) is 0 Å². The number of carbonyl (C=O) groups excluding carboxylic acids is 1. The molecule has 1 amide bonds. The van der Waals surface area contributed by atoms with Crippen molar-refractivity contribution in [1.82, 2.24) is 20.2 Å². The van der Waals surface area contributed by atoms with E-state index in [0.29, 0.717) is 12.3 Å². The molecular weight excluding hydrogens is 461 g/mol. The number of nitrogens with zero attached hydrogens (tertiary/aromatic N) is 5. The first-order valence-electron chi connectivity index (χ1n) is 8.61. The van der Waals surface area contributed by atoms with E-state index in [-0.39, 0.29) is 29.7 Å². The van der Waals surface area contributed by atoms with Crippen molar-refractivity contribution in [2.24, 2.45) is 10.7 Å². The fourth-order valence-electron chi connectivity index (χ4n) is 2.75. The van der Waals surface area contributed by atoms with Crippen LogP contribution in [0.1, 0.15) is 23.2 Å². The molecule has 0 saturated carbocycles. The lowest BCUT2D eigenvalue weighted by molar-refractivity contribution is 0.0972. The minimum absolute atomic E-state index is 0. The SMILES string of the molecule is CCNC(=NCc1ccc(C(N)=O)o1)N1CCN(c2ncccn2)CC1.I. The first kappa shape index (κ1) is 20.9. The number of guanidine groups is 1. The number of amides is 1. The lowest BCUT2D eigenvalue weighted by atomic mass is 10.3. The standard InChI is InChI=1S/C17H23N7O2.HI/c1-2-19-16(22-12-13-4-5-14(26-13)15(18)25)23-8-10-24(11-9-23)17-20-6-3-7-21-17;/h3-7H,2,8-12H2,1H3,(H2,18,25)(H,19,22);1H. The van der Waals surface area contributed by atoms with Gasteiger partial charge in [0.2, 0.25) is 5.95 Å². The summed E-state index contributed by atoms with van der Waals surface area (Å²) in [5, 5.41) is 3.30. The van der Waals surface area contributed by atoms with Crippen LogP contribution >= 0.6 is 24.0 Å². The number of aromatic nitrogens is 2. The van der Waals surface area contributed by atoms with E-state index in [1.54, 1.807) is 24.5 Å². The van der Waals surface area contributed by atoms with E-state index in [2.05, 4.69) is 30.1 Å². The summed E-state index contributed by atoms with van der Waals surface area (Å²) in [7, 11) is 0. The highest BCUT2D eigenvalue weighted by atomic mass is 127. The highest BCUT2D eigenvalue weighted by Crippen LogP contribution is 2.11. The number of carbonyl (C=O) groups is 1. The summed E-state index contributed by atoms with van der Waals surface area (Å²) in [6.45, 7) is 6.41. The monoisotopic (exact) mass is 485 g/mol. The average Bonchev–Trinajstić information content (AvgIpc) is 3.15. The van der Waals surface area contributed by atoms with Gasteiger partial charge in [0.25, 0.3) is 5.91 Å². The van der Waals surface area contributed by atoms with Crippen LogP contribution in [0, 0.1) is 0 Å². The summed E-state index contributed by atoms with van der Waals surface area (Å²) in [4.78, 5) is 28.7. The summed E-state index contributed by atoms with van der Waals surface area (Å²) in [6.07, 6.45) is 3.51. The molecule has 1 aliphatic rings. The Hall–Kier alpha value is -2.37. The third kappa shape index (κ3) is 5.55. The van der Waals surface area contributed by atoms with Crippen molar-refractivity contribution in [3.05, 3.63) is 42.1 Å². The lowest BCUT2D eigenvalue weighted by Crippen LogP contribution is -2.52. The van der Waals surface area contributed by atoms with Crippen LogP contribution in [0.4, 0.5) is 5.95 Å². The second-order valence-electron chi connectivity index (χ2n) is 5.82. The van der Waals surface area contributed by atoms with Crippen molar-refractivity contribution < 1.29 is 9.21 Å². The Kier molecular flexibility index (Phi) is 7.82. The molecule has 0 radical (unpaired) electrons. The van der Waals surface area contributed by atoms with Crippen molar-refractivity contribution in [3.8, 4) is 0 Å². The van der Waals surface area contributed by atoms with Crippen LogP contribution in [-0.4, -0.2) is 59.5 Å². The number of hydrogen-bond donors (Lipinski definition) is 2. The fourth-order valence-corrected chi connectivity index (χ4v) is 2.75. The number of anilines is 1. The molecular formula is C17H24IN7O2. The van der Waals surface area contributed by atoms with Gasteiger partial charge in [-0.15, -0.1) is 24.0 Å². The molecule has 0 aromatic carbocycles. The molecule has 0 atom stereocenters. The number of nitrogens with one attached hydrogen (secondary N) is 1. The van der Waals surface area contributed by atoms with Crippen molar-refractivity contribution in [1.29, 1.82) is 0 Å². The van der Waals surface area contributed by atoms with Gasteiger partial charge in [-0.3, -0.25) is 4.79 Å². The van der Waals surface area contributed by atoms with E-state index in [4.69, 9.17) is 10.2 Å². The zero-order valence-corrected chi connectivity index (χ0v) is 17.5. The summed E-state index contributed by atoms with van der Waals surface area (Å²) in [5.41, 5.74) is 5.20. The van der Waals surface area contributed by atoms with E-state index in [1.807, 2.05) is 13.0 Å². The molecule has 1 saturated heterocycles. The van der Waals surface area contributed by atoms with Gasteiger partial charge in [-0.1, -0.05) is 0 Å². The van der Waals surface area contributed by atoms with E-state index >= 15 is 0 Å². The maximum absolute atomic E-state index is 11.1. The number of nitrogens with two attached hydrogens (primary N) is 1. The smallest absolute Gasteiger partial charge is 0.284 e. The zero-order chi connectivity index (χ0) is 18.4. The fraction of sp³-hybridized carbons (Fsp3) is 0.412. The summed E-state index contributed by atoms with van der Waals surface area (Å²) >= 11 is 0. The Morgan fingerprint density at radius 3 is 2.56 bits per heavy atom. The van der Waals surface area contributed by atoms with E-state index in [0.717, 1.165) is 44.6 Å². The minimum atomic E-state index is -0.577. The number of primary amides is 1. The Balaban J connectivity index is 0.00000261. The van der Waals surface area contributed by atoms with Gasteiger partial charge in [0, 0.05) is 45.1 Å². The molecule has 0 bridgehead atoms. The Bertz CT molecular complexity index is 758. The predicted octanol–water partition coefficient (Wildman–Crippen LogP) is 1.07. The maximum atomic E-state index is 11.1. The maximum Gasteiger partial charge on any atom is 0.284 e. The highest BCUT2D eigenvalue weighted by molar-refractivity contribution is 14.0. The molecule has 10 heteroatoms. The average molecular weight is 485 g/mol. The first-order chi connectivity index (χ1) is 12.7. The van der Waals surface area contributed by atoms with Crippen LogP contribution in [0.15, 0.2) is 40.0 Å². The summed E-state index contributed by atoms with van der Waals surface area (Å²) < 4.78 is 5.38. The van der Waals surface area contributed by atoms with Crippen molar-refractivity contribution >= 4 is 41.8 Å². The lowest BCUT2D eigenvalue weighted by Gasteiger charge is -2.36. The summed E-state index contributed by atoms with van der Waals surface area (Å²) in [6, 6.07) is 5.10. The normalized spacial score (nSPS) is 14.6. The van der Waals surface area contributed by atoms with Gasteiger partial charge in [-0.25, -0.2) is 15.0 Å². The number of furan rings is 1. The highest BCUT2D eigenvalue weighted by Gasteiger charge is 2.21. The molecule has 2 aromatic heterocycles.